The van der Waals surface area contributed by atoms with E-state index in [1.165, 1.54) is 11.1 Å². The highest BCUT2D eigenvalue weighted by Crippen LogP contribution is 2.07. The van der Waals surface area contributed by atoms with Gasteiger partial charge in [-0.15, -0.1) is 0 Å². The summed E-state index contributed by atoms with van der Waals surface area (Å²) in [6, 6.07) is 8.04. The van der Waals surface area contributed by atoms with Gasteiger partial charge in [-0.3, -0.25) is 4.79 Å². The van der Waals surface area contributed by atoms with Crippen molar-refractivity contribution in [1.82, 2.24) is 5.32 Å². The van der Waals surface area contributed by atoms with Crippen LogP contribution >= 0.6 is 0 Å². The molecular formula is C15H23NO2. The third-order valence-electron chi connectivity index (χ3n) is 3.07. The Morgan fingerprint density at radius 1 is 1.39 bits per heavy atom. The summed E-state index contributed by atoms with van der Waals surface area (Å²) in [5.41, 5.74) is 2.39. The van der Waals surface area contributed by atoms with Gasteiger partial charge in [0.25, 0.3) is 0 Å². The average molecular weight is 249 g/mol. The molecule has 0 aromatic heterocycles. The molecule has 0 aliphatic rings. The van der Waals surface area contributed by atoms with Gasteiger partial charge in [0.2, 0.25) is 5.91 Å². The Morgan fingerprint density at radius 2 is 2.11 bits per heavy atom. The Labute approximate surface area is 109 Å². The van der Waals surface area contributed by atoms with Crippen LogP contribution in [-0.2, 0) is 11.2 Å². The van der Waals surface area contributed by atoms with Crippen LogP contribution in [-0.4, -0.2) is 23.7 Å². The molecule has 0 aliphatic heterocycles. The monoisotopic (exact) mass is 249 g/mol. The SMILES string of the molecule is Cc1cccc(CCC(=O)N[C@H](CO)C(C)C)c1. The van der Waals surface area contributed by atoms with E-state index >= 15 is 0 Å². The van der Waals surface area contributed by atoms with Crippen LogP contribution in [0.2, 0.25) is 0 Å². The maximum absolute atomic E-state index is 11.8. The van der Waals surface area contributed by atoms with Crippen LogP contribution in [0.15, 0.2) is 24.3 Å². The van der Waals surface area contributed by atoms with Crippen molar-refractivity contribution in [3.05, 3.63) is 35.4 Å². The van der Waals surface area contributed by atoms with Gasteiger partial charge >= 0.3 is 0 Å². The maximum Gasteiger partial charge on any atom is 0.220 e. The van der Waals surface area contributed by atoms with Crippen molar-refractivity contribution >= 4 is 5.91 Å². The molecule has 1 amide bonds. The zero-order chi connectivity index (χ0) is 13.5. The molecular weight excluding hydrogens is 226 g/mol. The van der Waals surface area contributed by atoms with Gasteiger partial charge < -0.3 is 10.4 Å². The Balaban J connectivity index is 2.41. The number of benzene rings is 1. The minimum absolute atomic E-state index is 0.00394. The molecule has 1 aromatic carbocycles. The molecule has 0 saturated heterocycles. The number of nitrogens with one attached hydrogen (secondary N) is 1. The number of hydrogen-bond donors (Lipinski definition) is 2. The van der Waals surface area contributed by atoms with Gasteiger partial charge in [0.15, 0.2) is 0 Å². The zero-order valence-corrected chi connectivity index (χ0v) is 11.4. The Morgan fingerprint density at radius 3 is 2.67 bits per heavy atom. The third-order valence-corrected chi connectivity index (χ3v) is 3.07. The standard InChI is InChI=1S/C15H23NO2/c1-11(2)14(10-17)16-15(18)8-7-13-6-4-5-12(3)9-13/h4-6,9,11,14,17H,7-8,10H2,1-3H3,(H,16,18)/t14-/m1/s1. The van der Waals surface area contributed by atoms with Gasteiger partial charge in [-0.05, 0) is 24.8 Å². The molecule has 1 atom stereocenters. The molecule has 0 saturated carbocycles. The zero-order valence-electron chi connectivity index (χ0n) is 11.4. The molecule has 0 fully saturated rings. The summed E-state index contributed by atoms with van der Waals surface area (Å²) in [5, 5.41) is 12.0. The predicted octanol–water partition coefficient (Wildman–Crippen LogP) is 2.06. The molecule has 3 nitrogen and oxygen atoms in total. The van der Waals surface area contributed by atoms with Crippen LogP contribution in [0, 0.1) is 12.8 Å². The van der Waals surface area contributed by atoms with Crippen LogP contribution < -0.4 is 5.32 Å². The van der Waals surface area contributed by atoms with E-state index in [0.717, 1.165) is 6.42 Å². The van der Waals surface area contributed by atoms with E-state index in [1.807, 2.05) is 39.0 Å². The number of rotatable bonds is 6. The maximum atomic E-state index is 11.8. The predicted molar refractivity (Wildman–Crippen MR) is 73.4 cm³/mol. The van der Waals surface area contributed by atoms with E-state index in [1.54, 1.807) is 0 Å². The van der Waals surface area contributed by atoms with Crippen molar-refractivity contribution < 1.29 is 9.90 Å². The number of amides is 1. The molecule has 1 aromatic rings. The van der Waals surface area contributed by atoms with Crippen LogP contribution in [0.5, 0.6) is 0 Å². The van der Waals surface area contributed by atoms with Gasteiger partial charge in [0.1, 0.15) is 0 Å². The summed E-state index contributed by atoms with van der Waals surface area (Å²) < 4.78 is 0. The molecule has 0 spiro atoms. The van der Waals surface area contributed by atoms with Crippen LogP contribution in [0.3, 0.4) is 0 Å². The van der Waals surface area contributed by atoms with Crippen LogP contribution in [0.1, 0.15) is 31.4 Å². The molecule has 18 heavy (non-hydrogen) atoms. The average Bonchev–Trinajstić information content (AvgIpc) is 2.33. The van der Waals surface area contributed by atoms with E-state index in [2.05, 4.69) is 11.4 Å². The Kier molecular flexibility index (Phi) is 5.86. The second-order valence-electron chi connectivity index (χ2n) is 5.09. The second-order valence-corrected chi connectivity index (χ2v) is 5.09. The third kappa shape index (κ3) is 4.88. The summed E-state index contributed by atoms with van der Waals surface area (Å²) in [6.07, 6.45) is 1.20. The van der Waals surface area contributed by atoms with Gasteiger partial charge in [-0.25, -0.2) is 0 Å². The highest BCUT2D eigenvalue weighted by molar-refractivity contribution is 5.76. The minimum Gasteiger partial charge on any atom is -0.394 e. The van der Waals surface area contributed by atoms with Crippen molar-refractivity contribution in [1.29, 1.82) is 0 Å². The first-order valence-electron chi connectivity index (χ1n) is 6.48. The number of carbonyl (C=O) groups is 1. The van der Waals surface area contributed by atoms with Gasteiger partial charge in [0.05, 0.1) is 12.6 Å². The molecule has 2 N–H and O–H groups in total. The Hall–Kier alpha value is -1.35. The highest BCUT2D eigenvalue weighted by atomic mass is 16.3. The highest BCUT2D eigenvalue weighted by Gasteiger charge is 2.14. The smallest absolute Gasteiger partial charge is 0.220 e. The van der Waals surface area contributed by atoms with E-state index in [-0.39, 0.29) is 24.5 Å². The molecule has 0 bridgehead atoms. The van der Waals surface area contributed by atoms with Crippen molar-refractivity contribution in [2.45, 2.75) is 39.7 Å². The minimum atomic E-state index is -0.144. The van der Waals surface area contributed by atoms with E-state index in [9.17, 15) is 4.79 Å². The Bertz CT molecular complexity index is 388. The van der Waals surface area contributed by atoms with Crippen molar-refractivity contribution in [2.75, 3.05) is 6.61 Å². The van der Waals surface area contributed by atoms with E-state index < -0.39 is 0 Å². The lowest BCUT2D eigenvalue weighted by Crippen LogP contribution is -2.41. The topological polar surface area (TPSA) is 49.3 Å². The van der Waals surface area contributed by atoms with Crippen molar-refractivity contribution in [2.24, 2.45) is 5.92 Å². The number of hydrogen-bond acceptors (Lipinski definition) is 2. The lowest BCUT2D eigenvalue weighted by atomic mass is 10.0. The summed E-state index contributed by atoms with van der Waals surface area (Å²) in [7, 11) is 0. The number of carbonyl (C=O) groups excluding carboxylic acids is 1. The number of aryl methyl sites for hydroxylation is 2. The summed E-state index contributed by atoms with van der Waals surface area (Å²) >= 11 is 0. The first-order valence-corrected chi connectivity index (χ1v) is 6.48. The molecule has 0 heterocycles. The van der Waals surface area contributed by atoms with Gasteiger partial charge in [0, 0.05) is 6.42 Å². The van der Waals surface area contributed by atoms with E-state index in [0.29, 0.717) is 6.42 Å². The molecule has 0 radical (unpaired) electrons. The van der Waals surface area contributed by atoms with Crippen molar-refractivity contribution in [3.8, 4) is 0 Å². The normalized spacial score (nSPS) is 12.5. The first kappa shape index (κ1) is 14.7. The number of aliphatic hydroxyl groups is 1. The fourth-order valence-electron chi connectivity index (χ4n) is 1.83. The fraction of sp³-hybridized carbons (Fsp3) is 0.533. The number of aliphatic hydroxyl groups excluding tert-OH is 1. The fourth-order valence-corrected chi connectivity index (χ4v) is 1.83. The first-order chi connectivity index (χ1) is 8.52. The van der Waals surface area contributed by atoms with Crippen LogP contribution in [0.4, 0.5) is 0 Å². The largest absolute Gasteiger partial charge is 0.394 e. The molecule has 1 rings (SSSR count). The molecule has 0 aliphatic carbocycles. The molecule has 0 unspecified atom stereocenters. The molecule has 100 valence electrons. The lowest BCUT2D eigenvalue weighted by molar-refractivity contribution is -0.122. The summed E-state index contributed by atoms with van der Waals surface area (Å²) in [5.74, 6) is 0.252. The lowest BCUT2D eigenvalue weighted by Gasteiger charge is -2.19. The van der Waals surface area contributed by atoms with Gasteiger partial charge in [-0.1, -0.05) is 43.7 Å². The van der Waals surface area contributed by atoms with Crippen LogP contribution in [0.25, 0.3) is 0 Å². The summed E-state index contributed by atoms with van der Waals surface area (Å²) in [4.78, 5) is 11.8. The quantitative estimate of drug-likeness (QED) is 0.810. The summed E-state index contributed by atoms with van der Waals surface area (Å²) in [6.45, 7) is 6.02. The molecule has 3 heteroatoms. The van der Waals surface area contributed by atoms with Crippen molar-refractivity contribution in [3.63, 3.8) is 0 Å². The van der Waals surface area contributed by atoms with Gasteiger partial charge in [-0.2, -0.15) is 0 Å². The van der Waals surface area contributed by atoms with E-state index in [4.69, 9.17) is 5.11 Å². The second kappa shape index (κ2) is 7.17.